The fourth-order valence-electron chi connectivity index (χ4n) is 2.31. The Balaban J connectivity index is 1.63. The molecule has 0 bridgehead atoms. The monoisotopic (exact) mass is 388 g/mol. The number of hydrogen-bond donors (Lipinski definition) is 0. The van der Waals surface area contributed by atoms with Gasteiger partial charge in [-0.25, -0.2) is 0 Å². The van der Waals surface area contributed by atoms with Crippen LogP contribution in [0.1, 0.15) is 9.75 Å². The van der Waals surface area contributed by atoms with Gasteiger partial charge in [0.2, 0.25) is 0 Å². The maximum atomic E-state index is 12.6. The summed E-state index contributed by atoms with van der Waals surface area (Å²) < 4.78 is 5.51. The molecule has 0 fully saturated rings. The Labute approximate surface area is 158 Å². The van der Waals surface area contributed by atoms with Crippen LogP contribution in [-0.2, 0) is 17.9 Å². The van der Waals surface area contributed by atoms with Crippen molar-refractivity contribution < 1.29 is 14.5 Å². The molecule has 134 valence electrons. The third kappa shape index (κ3) is 4.90. The van der Waals surface area contributed by atoms with Crippen LogP contribution in [0, 0.1) is 10.1 Å². The highest BCUT2D eigenvalue weighted by Crippen LogP contribution is 2.19. The topological polar surface area (TPSA) is 72.7 Å². The smallest absolute Gasteiger partial charge is 0.269 e. The van der Waals surface area contributed by atoms with E-state index in [1.807, 2.05) is 35.0 Å². The fraction of sp³-hybridized carbons (Fsp3) is 0.167. The van der Waals surface area contributed by atoms with Crippen molar-refractivity contribution in [3.63, 3.8) is 0 Å². The zero-order valence-corrected chi connectivity index (χ0v) is 15.4. The van der Waals surface area contributed by atoms with E-state index in [2.05, 4.69) is 0 Å². The molecule has 0 aliphatic heterocycles. The standard InChI is InChI=1S/C18H16N2O4S2/c21-18(13-24-15-7-5-14(6-8-15)20(22)23)19(11-16-3-1-9-25-16)12-17-4-2-10-26-17/h1-10H,11-13H2. The van der Waals surface area contributed by atoms with Crippen LogP contribution >= 0.6 is 22.7 Å². The maximum absolute atomic E-state index is 12.6. The number of amides is 1. The minimum atomic E-state index is -0.473. The van der Waals surface area contributed by atoms with Gasteiger partial charge < -0.3 is 9.64 Å². The molecule has 2 heterocycles. The van der Waals surface area contributed by atoms with Crippen LogP contribution in [0.5, 0.6) is 5.75 Å². The average molecular weight is 388 g/mol. The van der Waals surface area contributed by atoms with Crippen molar-refractivity contribution in [1.82, 2.24) is 4.90 Å². The van der Waals surface area contributed by atoms with Crippen molar-refractivity contribution in [2.75, 3.05) is 6.61 Å². The number of nitro benzene ring substituents is 1. The normalized spacial score (nSPS) is 10.5. The summed E-state index contributed by atoms with van der Waals surface area (Å²) in [6, 6.07) is 13.6. The van der Waals surface area contributed by atoms with Gasteiger partial charge >= 0.3 is 0 Å². The molecule has 0 unspecified atom stereocenters. The van der Waals surface area contributed by atoms with E-state index in [1.165, 1.54) is 24.3 Å². The molecule has 0 atom stereocenters. The minimum absolute atomic E-state index is 0.0132. The van der Waals surface area contributed by atoms with Crippen molar-refractivity contribution in [1.29, 1.82) is 0 Å². The number of thiophene rings is 2. The van der Waals surface area contributed by atoms with Crippen molar-refractivity contribution in [3.8, 4) is 5.75 Å². The molecule has 0 radical (unpaired) electrons. The highest BCUT2D eigenvalue weighted by Gasteiger charge is 2.17. The molecular formula is C18H16N2O4S2. The lowest BCUT2D eigenvalue weighted by atomic mass is 10.3. The molecule has 0 spiro atoms. The third-order valence-corrected chi connectivity index (χ3v) is 5.34. The van der Waals surface area contributed by atoms with E-state index in [-0.39, 0.29) is 18.2 Å². The van der Waals surface area contributed by atoms with Crippen molar-refractivity contribution >= 4 is 34.3 Å². The molecule has 0 saturated carbocycles. The molecule has 0 aliphatic rings. The summed E-state index contributed by atoms with van der Waals surface area (Å²) in [6.45, 7) is 0.935. The summed E-state index contributed by atoms with van der Waals surface area (Å²) in [5.41, 5.74) is -0.0132. The zero-order valence-electron chi connectivity index (χ0n) is 13.7. The average Bonchev–Trinajstić information content (AvgIpc) is 3.33. The van der Waals surface area contributed by atoms with Gasteiger partial charge in [0.15, 0.2) is 6.61 Å². The molecule has 1 amide bonds. The lowest BCUT2D eigenvalue weighted by Gasteiger charge is -2.21. The predicted octanol–water partition coefficient (Wildman–Crippen LogP) is 4.33. The maximum Gasteiger partial charge on any atom is 0.269 e. The molecule has 3 aromatic rings. The SMILES string of the molecule is O=C(COc1ccc([N+](=O)[O-])cc1)N(Cc1cccs1)Cc1cccs1. The number of benzene rings is 1. The van der Waals surface area contributed by atoms with E-state index >= 15 is 0 Å². The Bertz CT molecular complexity index is 810. The van der Waals surface area contributed by atoms with Crippen LogP contribution in [0.15, 0.2) is 59.3 Å². The zero-order chi connectivity index (χ0) is 18.4. The second-order valence-corrected chi connectivity index (χ2v) is 7.51. The summed E-state index contributed by atoms with van der Waals surface area (Å²) in [7, 11) is 0. The van der Waals surface area contributed by atoms with Crippen molar-refractivity contribution in [2.24, 2.45) is 0 Å². The van der Waals surface area contributed by atoms with E-state index < -0.39 is 4.92 Å². The van der Waals surface area contributed by atoms with Gasteiger partial charge in [-0.15, -0.1) is 22.7 Å². The Morgan fingerprint density at radius 2 is 1.58 bits per heavy atom. The molecule has 2 aromatic heterocycles. The number of non-ortho nitro benzene ring substituents is 1. The van der Waals surface area contributed by atoms with Crippen LogP contribution in [0.4, 0.5) is 5.69 Å². The molecule has 3 rings (SSSR count). The summed E-state index contributed by atoms with van der Waals surface area (Å²) >= 11 is 3.21. The second kappa shape index (κ2) is 8.59. The number of carbonyl (C=O) groups is 1. The lowest BCUT2D eigenvalue weighted by Crippen LogP contribution is -2.33. The van der Waals surface area contributed by atoms with Crippen LogP contribution in [0.3, 0.4) is 0 Å². The first kappa shape index (κ1) is 18.1. The fourth-order valence-corrected chi connectivity index (χ4v) is 3.75. The number of hydrogen-bond acceptors (Lipinski definition) is 6. The second-order valence-electron chi connectivity index (χ2n) is 5.45. The molecule has 0 saturated heterocycles. The first-order valence-corrected chi connectivity index (χ1v) is 9.57. The largest absolute Gasteiger partial charge is 0.484 e. The van der Waals surface area contributed by atoms with E-state index in [1.54, 1.807) is 27.6 Å². The van der Waals surface area contributed by atoms with E-state index in [9.17, 15) is 14.9 Å². The van der Waals surface area contributed by atoms with Crippen LogP contribution < -0.4 is 4.74 Å². The molecule has 1 aromatic carbocycles. The summed E-state index contributed by atoms with van der Waals surface area (Å²) in [6.07, 6.45) is 0. The lowest BCUT2D eigenvalue weighted by molar-refractivity contribution is -0.384. The number of nitrogens with zero attached hydrogens (tertiary/aromatic N) is 2. The number of rotatable bonds is 8. The van der Waals surface area contributed by atoms with Crippen LogP contribution in [0.2, 0.25) is 0 Å². The summed E-state index contributed by atoms with van der Waals surface area (Å²) in [4.78, 5) is 26.8. The third-order valence-electron chi connectivity index (χ3n) is 3.62. The van der Waals surface area contributed by atoms with E-state index in [4.69, 9.17) is 4.74 Å². The molecule has 6 nitrogen and oxygen atoms in total. The molecule has 0 N–H and O–H groups in total. The number of nitro groups is 1. The molecule has 26 heavy (non-hydrogen) atoms. The molecule has 0 aliphatic carbocycles. The Kier molecular flexibility index (Phi) is 5.98. The van der Waals surface area contributed by atoms with Gasteiger partial charge in [0.05, 0.1) is 18.0 Å². The molecule has 8 heteroatoms. The summed E-state index contributed by atoms with van der Waals surface area (Å²) in [5.74, 6) is 0.293. The quantitative estimate of drug-likeness (QED) is 0.425. The Hall–Kier alpha value is -2.71. The van der Waals surface area contributed by atoms with Crippen LogP contribution in [0.25, 0.3) is 0 Å². The van der Waals surface area contributed by atoms with E-state index in [0.29, 0.717) is 18.8 Å². The number of carbonyl (C=O) groups excluding carboxylic acids is 1. The van der Waals surface area contributed by atoms with Gasteiger partial charge in [0, 0.05) is 21.9 Å². The van der Waals surface area contributed by atoms with E-state index in [0.717, 1.165) is 9.75 Å². The van der Waals surface area contributed by atoms with Gasteiger partial charge in [-0.3, -0.25) is 14.9 Å². The first-order chi connectivity index (χ1) is 12.6. The van der Waals surface area contributed by atoms with Gasteiger partial charge in [0.1, 0.15) is 5.75 Å². The Morgan fingerprint density at radius 3 is 2.04 bits per heavy atom. The van der Waals surface area contributed by atoms with Gasteiger partial charge in [-0.2, -0.15) is 0 Å². The van der Waals surface area contributed by atoms with Gasteiger partial charge in [0.25, 0.3) is 11.6 Å². The highest BCUT2D eigenvalue weighted by molar-refractivity contribution is 7.10. The number of ether oxygens (including phenoxy) is 1. The van der Waals surface area contributed by atoms with Gasteiger partial charge in [-0.1, -0.05) is 12.1 Å². The van der Waals surface area contributed by atoms with Gasteiger partial charge in [-0.05, 0) is 35.0 Å². The van der Waals surface area contributed by atoms with Crippen LogP contribution in [-0.4, -0.2) is 22.3 Å². The first-order valence-electron chi connectivity index (χ1n) is 7.81. The molecular weight excluding hydrogens is 372 g/mol. The Morgan fingerprint density at radius 1 is 1.00 bits per heavy atom. The summed E-state index contributed by atoms with van der Waals surface area (Å²) in [5, 5.41) is 14.6. The van der Waals surface area contributed by atoms with Crippen molar-refractivity contribution in [2.45, 2.75) is 13.1 Å². The minimum Gasteiger partial charge on any atom is -0.484 e. The van der Waals surface area contributed by atoms with Crippen molar-refractivity contribution in [3.05, 3.63) is 79.2 Å². The highest BCUT2D eigenvalue weighted by atomic mass is 32.1. The predicted molar refractivity (Wildman–Crippen MR) is 101 cm³/mol.